The highest BCUT2D eigenvalue weighted by Crippen LogP contribution is 2.37. The van der Waals surface area contributed by atoms with E-state index in [1.807, 2.05) is 17.1 Å². The second kappa shape index (κ2) is 7.77. The molecule has 2 atom stereocenters. The molecule has 2 aliphatic heterocycles. The lowest BCUT2D eigenvalue weighted by molar-refractivity contribution is -0.142. The third-order valence-corrected chi connectivity index (χ3v) is 5.95. The minimum atomic E-state index is -4.55. The number of amides is 3. The molecule has 1 N–H and O–H groups in total. The molecule has 4 rings (SSSR count). The van der Waals surface area contributed by atoms with Gasteiger partial charge in [-0.05, 0) is 43.9 Å². The largest absolute Gasteiger partial charge is 0.416 e. The van der Waals surface area contributed by atoms with E-state index in [0.29, 0.717) is 31.6 Å². The van der Waals surface area contributed by atoms with Crippen LogP contribution in [0.2, 0.25) is 0 Å². The first-order valence-corrected chi connectivity index (χ1v) is 10.0. The number of benzene rings is 1. The highest BCUT2D eigenvalue weighted by atomic mass is 19.4. The van der Waals surface area contributed by atoms with Gasteiger partial charge >= 0.3 is 6.18 Å². The van der Waals surface area contributed by atoms with Gasteiger partial charge in [0, 0.05) is 13.1 Å². The highest BCUT2D eigenvalue weighted by molar-refractivity contribution is 6.09. The molecule has 0 radical (unpaired) electrons. The van der Waals surface area contributed by atoms with E-state index in [0.717, 1.165) is 29.9 Å². The number of hydrogen-bond acceptors (Lipinski definition) is 4. The molecule has 160 valence electrons. The van der Waals surface area contributed by atoms with Crippen LogP contribution in [0, 0.1) is 11.8 Å². The van der Waals surface area contributed by atoms with Gasteiger partial charge in [0.2, 0.25) is 17.7 Å². The van der Waals surface area contributed by atoms with Gasteiger partial charge in [0.15, 0.2) is 0 Å². The number of nitrogens with zero attached hydrogens (tertiary/aromatic N) is 2. The van der Waals surface area contributed by atoms with E-state index in [4.69, 9.17) is 0 Å². The number of likely N-dealkylation sites (tertiary alicyclic amines) is 1. The third kappa shape index (κ3) is 3.80. The number of alkyl halides is 3. The van der Waals surface area contributed by atoms with Crippen molar-refractivity contribution in [3.63, 3.8) is 0 Å². The fraction of sp³-hybridized carbons (Fsp3) is 0.476. The number of imide groups is 1. The van der Waals surface area contributed by atoms with Crippen LogP contribution >= 0.6 is 0 Å². The molecule has 0 spiro atoms. The van der Waals surface area contributed by atoms with Crippen LogP contribution < -0.4 is 10.2 Å². The molecule has 0 saturated carbocycles. The summed E-state index contributed by atoms with van der Waals surface area (Å²) in [5, 5.41) is 2.51. The lowest BCUT2D eigenvalue weighted by atomic mass is 9.85. The van der Waals surface area contributed by atoms with Gasteiger partial charge in [0.05, 0.1) is 28.8 Å². The van der Waals surface area contributed by atoms with Crippen LogP contribution in [0.25, 0.3) is 0 Å². The summed E-state index contributed by atoms with van der Waals surface area (Å²) in [7, 11) is 0. The fourth-order valence-electron chi connectivity index (χ4n) is 4.40. The first-order chi connectivity index (χ1) is 14.3. The average Bonchev–Trinajstić information content (AvgIpc) is 3.31. The maximum Gasteiger partial charge on any atom is 0.416 e. The van der Waals surface area contributed by atoms with Gasteiger partial charge in [-0.25, -0.2) is 0 Å². The zero-order valence-corrected chi connectivity index (χ0v) is 16.2. The quantitative estimate of drug-likeness (QED) is 0.599. The summed E-state index contributed by atoms with van der Waals surface area (Å²) in [6, 6.07) is 3.26. The molecule has 2 saturated heterocycles. The zero-order chi connectivity index (χ0) is 21.5. The summed E-state index contributed by atoms with van der Waals surface area (Å²) < 4.78 is 39.6. The Morgan fingerprint density at radius 2 is 1.63 bits per heavy atom. The first kappa shape index (κ1) is 20.4. The molecular weight excluding hydrogens is 399 g/mol. The predicted molar refractivity (Wildman–Crippen MR) is 104 cm³/mol. The smallest absolute Gasteiger partial charge is 0.370 e. The molecule has 9 heteroatoms. The van der Waals surface area contributed by atoms with Crippen molar-refractivity contribution in [1.82, 2.24) is 4.90 Å². The van der Waals surface area contributed by atoms with E-state index in [2.05, 4.69) is 5.32 Å². The lowest BCUT2D eigenvalue weighted by Crippen LogP contribution is -2.38. The molecule has 2 fully saturated rings. The molecular formula is C21H22F3N3O3. The van der Waals surface area contributed by atoms with Crippen LogP contribution in [0.1, 0.15) is 31.2 Å². The second-order valence-corrected chi connectivity index (χ2v) is 7.89. The van der Waals surface area contributed by atoms with E-state index in [-0.39, 0.29) is 5.69 Å². The summed E-state index contributed by atoms with van der Waals surface area (Å²) in [5.74, 6) is -2.39. The van der Waals surface area contributed by atoms with Gasteiger partial charge in [0.25, 0.3) is 0 Å². The van der Waals surface area contributed by atoms with Crippen LogP contribution in [-0.4, -0.2) is 42.3 Å². The normalized spacial score (nSPS) is 23.8. The SMILES string of the molecule is O=C(CN1C(=O)[C@H]2CC=CC[C@@H]2C1=O)Nc1cc(C(F)(F)F)ccc1N1CCCC1. The third-order valence-electron chi connectivity index (χ3n) is 5.95. The Kier molecular flexibility index (Phi) is 5.29. The van der Waals surface area contributed by atoms with Crippen molar-refractivity contribution in [2.45, 2.75) is 31.9 Å². The number of carbonyl (C=O) groups is 3. The standard InChI is InChI=1S/C21H22F3N3O3/c22-21(23,24)13-7-8-17(26-9-3-4-10-26)16(11-13)25-18(28)12-27-19(29)14-5-1-2-6-15(14)20(27)30/h1-2,7-8,11,14-15H,3-6,9-10,12H2,(H,25,28)/t14-,15-/m0/s1. The topological polar surface area (TPSA) is 69.7 Å². The van der Waals surface area contributed by atoms with Crippen molar-refractivity contribution < 1.29 is 27.6 Å². The minimum Gasteiger partial charge on any atom is -0.370 e. The predicted octanol–water partition coefficient (Wildman–Crippen LogP) is 3.20. The second-order valence-electron chi connectivity index (χ2n) is 7.89. The van der Waals surface area contributed by atoms with Gasteiger partial charge in [-0.2, -0.15) is 13.2 Å². The Bertz CT molecular complexity index is 880. The van der Waals surface area contributed by atoms with E-state index in [9.17, 15) is 27.6 Å². The summed E-state index contributed by atoms with van der Waals surface area (Å²) in [6.07, 6.45) is 1.90. The monoisotopic (exact) mass is 421 g/mol. The Morgan fingerprint density at radius 1 is 1.03 bits per heavy atom. The van der Waals surface area contributed by atoms with E-state index < -0.39 is 47.8 Å². The molecule has 2 heterocycles. The van der Waals surface area contributed by atoms with Crippen LogP contribution in [-0.2, 0) is 20.6 Å². The Hall–Kier alpha value is -2.84. The van der Waals surface area contributed by atoms with Gasteiger partial charge in [-0.1, -0.05) is 12.2 Å². The maximum absolute atomic E-state index is 13.2. The molecule has 3 aliphatic rings. The summed E-state index contributed by atoms with van der Waals surface area (Å²) in [4.78, 5) is 40.5. The van der Waals surface area contributed by atoms with Crippen LogP contribution in [0.4, 0.5) is 24.5 Å². The highest BCUT2D eigenvalue weighted by Gasteiger charge is 2.47. The van der Waals surface area contributed by atoms with Gasteiger partial charge in [-0.15, -0.1) is 0 Å². The Labute approximate surface area is 171 Å². The lowest BCUT2D eigenvalue weighted by Gasteiger charge is -2.23. The van der Waals surface area contributed by atoms with Crippen LogP contribution in [0.5, 0.6) is 0 Å². The average molecular weight is 421 g/mol. The number of halogens is 3. The summed E-state index contributed by atoms with van der Waals surface area (Å²) in [5.41, 5.74) is -0.327. The molecule has 1 aromatic rings. The molecule has 6 nitrogen and oxygen atoms in total. The van der Waals surface area contributed by atoms with Crippen molar-refractivity contribution in [3.05, 3.63) is 35.9 Å². The number of rotatable bonds is 4. The Balaban J connectivity index is 1.53. The number of allylic oxidation sites excluding steroid dienone is 2. The van der Waals surface area contributed by atoms with Gasteiger partial charge < -0.3 is 10.2 Å². The molecule has 0 aromatic heterocycles. The van der Waals surface area contributed by atoms with Crippen molar-refractivity contribution in [3.8, 4) is 0 Å². The van der Waals surface area contributed by atoms with Crippen LogP contribution in [0.3, 0.4) is 0 Å². The molecule has 0 bridgehead atoms. The minimum absolute atomic E-state index is 0.0369. The Morgan fingerprint density at radius 3 is 2.20 bits per heavy atom. The molecule has 1 aromatic carbocycles. The number of carbonyl (C=O) groups excluding carboxylic acids is 3. The zero-order valence-electron chi connectivity index (χ0n) is 16.2. The summed E-state index contributed by atoms with van der Waals surface area (Å²) >= 11 is 0. The van der Waals surface area contributed by atoms with E-state index in [1.54, 1.807) is 0 Å². The van der Waals surface area contributed by atoms with Gasteiger partial charge in [-0.3, -0.25) is 19.3 Å². The number of nitrogens with one attached hydrogen (secondary N) is 1. The number of anilines is 2. The van der Waals surface area contributed by atoms with Crippen molar-refractivity contribution in [2.24, 2.45) is 11.8 Å². The number of hydrogen-bond donors (Lipinski definition) is 1. The van der Waals surface area contributed by atoms with Crippen molar-refractivity contribution in [2.75, 3.05) is 29.9 Å². The van der Waals surface area contributed by atoms with Crippen molar-refractivity contribution in [1.29, 1.82) is 0 Å². The van der Waals surface area contributed by atoms with Crippen molar-refractivity contribution >= 4 is 29.1 Å². The molecule has 30 heavy (non-hydrogen) atoms. The molecule has 0 unspecified atom stereocenters. The van der Waals surface area contributed by atoms with Crippen LogP contribution in [0.15, 0.2) is 30.4 Å². The number of fused-ring (bicyclic) bond motifs is 1. The first-order valence-electron chi connectivity index (χ1n) is 10.0. The fourth-order valence-corrected chi connectivity index (χ4v) is 4.40. The van der Waals surface area contributed by atoms with E-state index >= 15 is 0 Å². The van der Waals surface area contributed by atoms with E-state index in [1.165, 1.54) is 6.07 Å². The maximum atomic E-state index is 13.2. The van der Waals surface area contributed by atoms with Gasteiger partial charge in [0.1, 0.15) is 6.54 Å². The molecule has 1 aliphatic carbocycles. The molecule has 3 amide bonds. The summed E-state index contributed by atoms with van der Waals surface area (Å²) in [6.45, 7) is 0.877.